The largest absolute Gasteiger partial charge is 0.258 e. The molecule has 1 saturated carbocycles. The number of hydrogen-bond donors (Lipinski definition) is 0. The Kier molecular flexibility index (Phi) is 1.97. The molecule has 2 nitrogen and oxygen atoms in total. The second kappa shape index (κ2) is 2.32. The molecule has 0 bridgehead atoms. The fourth-order valence-corrected chi connectivity index (χ4v) is 2.67. The number of halogens is 3. The maximum absolute atomic E-state index is 12.8. The molecule has 0 aromatic heterocycles. The molecule has 0 amide bonds. The molecule has 12 heavy (non-hydrogen) atoms. The third-order valence-electron chi connectivity index (χ3n) is 2.45. The van der Waals surface area contributed by atoms with Gasteiger partial charge in [0.05, 0.1) is 5.75 Å². The van der Waals surface area contributed by atoms with Crippen LogP contribution in [0.15, 0.2) is 0 Å². The second-order valence-electron chi connectivity index (χ2n) is 3.60. The summed E-state index contributed by atoms with van der Waals surface area (Å²) in [5.41, 5.74) is -1.23. The minimum atomic E-state index is -3.81. The summed E-state index contributed by atoms with van der Waals surface area (Å²) in [6.07, 6.45) is 0. The Bertz CT molecular complexity index is 283. The van der Waals surface area contributed by atoms with Crippen LogP contribution in [0.3, 0.4) is 0 Å². The molecular formula is C6H9ClF2O2S. The molecule has 0 aliphatic heterocycles. The van der Waals surface area contributed by atoms with Crippen LogP contribution < -0.4 is 0 Å². The van der Waals surface area contributed by atoms with Crippen molar-refractivity contribution in [1.29, 1.82) is 0 Å². The van der Waals surface area contributed by atoms with Crippen molar-refractivity contribution >= 4 is 19.7 Å². The van der Waals surface area contributed by atoms with E-state index >= 15 is 0 Å². The molecule has 72 valence electrons. The first-order chi connectivity index (χ1) is 5.09. The highest BCUT2D eigenvalue weighted by Crippen LogP contribution is 2.65. The van der Waals surface area contributed by atoms with Gasteiger partial charge in [-0.2, -0.15) is 0 Å². The van der Waals surface area contributed by atoms with Crippen LogP contribution in [-0.4, -0.2) is 20.1 Å². The van der Waals surface area contributed by atoms with Crippen LogP contribution in [-0.2, 0) is 9.05 Å². The van der Waals surface area contributed by atoms with E-state index in [0.717, 1.165) is 0 Å². The van der Waals surface area contributed by atoms with E-state index in [-0.39, 0.29) is 0 Å². The number of rotatable bonds is 2. The van der Waals surface area contributed by atoms with Crippen LogP contribution in [0.4, 0.5) is 8.78 Å². The van der Waals surface area contributed by atoms with Crippen molar-refractivity contribution in [1.82, 2.24) is 0 Å². The van der Waals surface area contributed by atoms with Crippen molar-refractivity contribution in [2.24, 2.45) is 11.3 Å². The molecule has 0 saturated heterocycles. The van der Waals surface area contributed by atoms with Gasteiger partial charge >= 0.3 is 0 Å². The highest BCUT2D eigenvalue weighted by atomic mass is 35.7. The summed E-state index contributed by atoms with van der Waals surface area (Å²) in [6, 6.07) is 0. The molecular weight excluding hydrogens is 210 g/mol. The van der Waals surface area contributed by atoms with Crippen molar-refractivity contribution in [3.63, 3.8) is 0 Å². The Morgan fingerprint density at radius 3 is 1.83 bits per heavy atom. The SMILES string of the molecule is CC1(C)[C@@H](CS(=O)(=O)Cl)C1(F)F. The topological polar surface area (TPSA) is 34.1 Å². The molecule has 0 aromatic carbocycles. The monoisotopic (exact) mass is 218 g/mol. The lowest BCUT2D eigenvalue weighted by Gasteiger charge is -1.96. The zero-order valence-electron chi connectivity index (χ0n) is 6.64. The third-order valence-corrected chi connectivity index (χ3v) is 3.56. The molecule has 1 aliphatic rings. The zero-order chi connectivity index (χ0) is 9.78. The average molecular weight is 219 g/mol. The molecule has 6 heteroatoms. The van der Waals surface area contributed by atoms with Crippen molar-refractivity contribution < 1.29 is 17.2 Å². The van der Waals surface area contributed by atoms with Gasteiger partial charge in [-0.3, -0.25) is 0 Å². The van der Waals surface area contributed by atoms with E-state index in [9.17, 15) is 17.2 Å². The van der Waals surface area contributed by atoms with Crippen LogP contribution in [0.1, 0.15) is 13.8 Å². The first-order valence-electron chi connectivity index (χ1n) is 3.39. The lowest BCUT2D eigenvalue weighted by molar-refractivity contribution is 0.0685. The Morgan fingerprint density at radius 2 is 1.75 bits per heavy atom. The smallest absolute Gasteiger partial charge is 0.212 e. The van der Waals surface area contributed by atoms with Crippen molar-refractivity contribution in [2.45, 2.75) is 19.8 Å². The van der Waals surface area contributed by atoms with Crippen molar-refractivity contribution in [2.75, 3.05) is 5.75 Å². The van der Waals surface area contributed by atoms with Crippen LogP contribution in [0.25, 0.3) is 0 Å². The quantitative estimate of drug-likeness (QED) is 0.663. The third kappa shape index (κ3) is 1.44. The highest BCUT2D eigenvalue weighted by molar-refractivity contribution is 8.13. The number of alkyl halides is 2. The maximum Gasteiger partial charge on any atom is 0.258 e. The molecule has 0 N–H and O–H groups in total. The first-order valence-corrected chi connectivity index (χ1v) is 5.87. The maximum atomic E-state index is 12.8. The first kappa shape index (κ1) is 10.2. The van der Waals surface area contributed by atoms with Gasteiger partial charge in [-0.1, -0.05) is 13.8 Å². The lowest BCUT2D eigenvalue weighted by Crippen LogP contribution is -2.05. The van der Waals surface area contributed by atoms with Gasteiger partial charge in [0.25, 0.3) is 5.92 Å². The van der Waals surface area contributed by atoms with Gasteiger partial charge in [-0.25, -0.2) is 17.2 Å². The van der Waals surface area contributed by atoms with Gasteiger partial charge in [0.1, 0.15) is 0 Å². The average Bonchev–Trinajstić information content (AvgIpc) is 2.09. The van der Waals surface area contributed by atoms with Gasteiger partial charge < -0.3 is 0 Å². The molecule has 0 unspecified atom stereocenters. The summed E-state index contributed by atoms with van der Waals surface area (Å²) in [5.74, 6) is -4.67. The summed E-state index contributed by atoms with van der Waals surface area (Å²) in [5, 5.41) is 0. The van der Waals surface area contributed by atoms with E-state index in [1.807, 2.05) is 0 Å². The van der Waals surface area contributed by atoms with E-state index in [0.29, 0.717) is 0 Å². The number of hydrogen-bond acceptors (Lipinski definition) is 2. The van der Waals surface area contributed by atoms with E-state index in [2.05, 4.69) is 0 Å². The predicted octanol–water partition coefficient (Wildman–Crippen LogP) is 1.85. The molecule has 1 fully saturated rings. The summed E-state index contributed by atoms with van der Waals surface area (Å²) < 4.78 is 46.5. The van der Waals surface area contributed by atoms with E-state index < -0.39 is 32.1 Å². The fraction of sp³-hybridized carbons (Fsp3) is 1.00. The van der Waals surface area contributed by atoms with Crippen LogP contribution >= 0.6 is 10.7 Å². The summed E-state index contributed by atoms with van der Waals surface area (Å²) in [7, 11) is 1.05. The Balaban J connectivity index is 2.74. The standard InChI is InChI=1S/C6H9ClF2O2S/c1-5(2)4(6(5,8)9)3-12(7,10)11/h4H,3H2,1-2H3/t4-/m1/s1. The summed E-state index contributed by atoms with van der Waals surface area (Å²) >= 11 is 0. The van der Waals surface area contributed by atoms with Gasteiger partial charge in [-0.15, -0.1) is 0 Å². The van der Waals surface area contributed by atoms with Gasteiger partial charge in [0, 0.05) is 22.0 Å². The molecule has 0 spiro atoms. The van der Waals surface area contributed by atoms with Crippen molar-refractivity contribution in [3.8, 4) is 0 Å². The minimum absolute atomic E-state index is 0.644. The molecule has 1 rings (SSSR count). The van der Waals surface area contributed by atoms with E-state index in [4.69, 9.17) is 10.7 Å². The second-order valence-corrected chi connectivity index (χ2v) is 6.42. The Hall–Kier alpha value is 0.1000. The minimum Gasteiger partial charge on any atom is -0.212 e. The molecule has 0 aromatic rings. The van der Waals surface area contributed by atoms with Crippen LogP contribution in [0.5, 0.6) is 0 Å². The van der Waals surface area contributed by atoms with Crippen LogP contribution in [0, 0.1) is 11.3 Å². The molecule has 0 heterocycles. The summed E-state index contributed by atoms with van der Waals surface area (Å²) in [6.45, 7) is 2.67. The Labute approximate surface area is 74.3 Å². The zero-order valence-corrected chi connectivity index (χ0v) is 8.22. The Morgan fingerprint density at radius 1 is 1.42 bits per heavy atom. The fourth-order valence-electron chi connectivity index (χ4n) is 1.27. The van der Waals surface area contributed by atoms with Gasteiger partial charge in [-0.05, 0) is 0 Å². The van der Waals surface area contributed by atoms with E-state index in [1.165, 1.54) is 13.8 Å². The molecule has 1 atom stereocenters. The normalized spacial score (nSPS) is 31.6. The predicted molar refractivity (Wildman–Crippen MR) is 41.9 cm³/mol. The van der Waals surface area contributed by atoms with Crippen molar-refractivity contribution in [3.05, 3.63) is 0 Å². The lowest BCUT2D eigenvalue weighted by atomic mass is 10.1. The highest BCUT2D eigenvalue weighted by Gasteiger charge is 2.75. The molecule has 1 aliphatic carbocycles. The summed E-state index contributed by atoms with van der Waals surface area (Å²) in [4.78, 5) is 0. The van der Waals surface area contributed by atoms with Gasteiger partial charge in [0.15, 0.2) is 0 Å². The van der Waals surface area contributed by atoms with E-state index in [1.54, 1.807) is 0 Å². The molecule has 0 radical (unpaired) electrons. The van der Waals surface area contributed by atoms with Gasteiger partial charge in [0.2, 0.25) is 9.05 Å². The van der Waals surface area contributed by atoms with Crippen LogP contribution in [0.2, 0.25) is 0 Å².